The lowest BCUT2D eigenvalue weighted by Crippen LogP contribution is -2.40. The van der Waals surface area contributed by atoms with Crippen molar-refractivity contribution in [3.63, 3.8) is 0 Å². The molecule has 1 aromatic carbocycles. The summed E-state index contributed by atoms with van der Waals surface area (Å²) in [6, 6.07) is 8.23. The van der Waals surface area contributed by atoms with Crippen LogP contribution in [0.15, 0.2) is 30.5 Å². The topological polar surface area (TPSA) is 75.2 Å². The Balaban J connectivity index is 1.58. The van der Waals surface area contributed by atoms with Crippen LogP contribution in [0.2, 0.25) is 0 Å². The molecule has 3 rings (SSSR count). The third-order valence-electron chi connectivity index (χ3n) is 4.82. The summed E-state index contributed by atoms with van der Waals surface area (Å²) in [5.41, 5.74) is 3.61. The summed E-state index contributed by atoms with van der Waals surface area (Å²) in [7, 11) is 0. The van der Waals surface area contributed by atoms with E-state index >= 15 is 0 Å². The van der Waals surface area contributed by atoms with Crippen LogP contribution in [0, 0.1) is 6.92 Å². The predicted molar refractivity (Wildman–Crippen MR) is 103 cm³/mol. The summed E-state index contributed by atoms with van der Waals surface area (Å²) in [6.07, 6.45) is 3.09. The van der Waals surface area contributed by atoms with Crippen molar-refractivity contribution in [2.45, 2.75) is 46.1 Å². The second-order valence-corrected chi connectivity index (χ2v) is 7.28. The van der Waals surface area contributed by atoms with E-state index in [0.29, 0.717) is 30.4 Å². The van der Waals surface area contributed by atoms with Crippen LogP contribution in [0.3, 0.4) is 0 Å². The lowest BCUT2D eigenvalue weighted by atomic mass is 10.0. The highest BCUT2D eigenvalue weighted by Crippen LogP contribution is 2.17. The van der Waals surface area contributed by atoms with Crippen molar-refractivity contribution in [3.8, 4) is 0 Å². The molecule has 1 aliphatic heterocycles. The Hall–Kier alpha value is -2.76. The Bertz CT molecular complexity index is 831. The van der Waals surface area contributed by atoms with Gasteiger partial charge in [-0.05, 0) is 36.8 Å². The van der Waals surface area contributed by atoms with Crippen LogP contribution >= 0.6 is 0 Å². The molecule has 0 atom stereocenters. The first-order valence-corrected chi connectivity index (χ1v) is 9.41. The van der Waals surface area contributed by atoms with Crippen molar-refractivity contribution in [2.24, 2.45) is 0 Å². The minimum absolute atomic E-state index is 0.0518. The van der Waals surface area contributed by atoms with Gasteiger partial charge in [0.1, 0.15) is 5.82 Å². The molecule has 2 amide bonds. The molecule has 0 spiro atoms. The molecule has 2 heterocycles. The molecule has 2 aromatic rings. The molecule has 0 aliphatic carbocycles. The number of hydrogen-bond donors (Lipinski definition) is 1. The fourth-order valence-corrected chi connectivity index (χ4v) is 3.20. The fraction of sp³-hybridized carbons (Fsp3) is 0.429. The van der Waals surface area contributed by atoms with Gasteiger partial charge in [-0.1, -0.05) is 38.1 Å². The number of hydrogen-bond acceptors (Lipinski definition) is 4. The zero-order valence-electron chi connectivity index (χ0n) is 16.2. The van der Waals surface area contributed by atoms with Gasteiger partial charge in [-0.3, -0.25) is 9.59 Å². The number of aryl methyl sites for hydroxylation is 2. The second kappa shape index (κ2) is 8.29. The third kappa shape index (κ3) is 4.70. The van der Waals surface area contributed by atoms with Crippen LogP contribution in [0.25, 0.3) is 0 Å². The first-order valence-electron chi connectivity index (χ1n) is 9.41. The zero-order chi connectivity index (χ0) is 19.4. The van der Waals surface area contributed by atoms with Gasteiger partial charge in [0, 0.05) is 19.3 Å². The highest BCUT2D eigenvalue weighted by atomic mass is 16.2. The number of rotatable bonds is 5. The van der Waals surface area contributed by atoms with E-state index in [0.717, 1.165) is 24.1 Å². The smallest absolute Gasteiger partial charge is 0.257 e. The Morgan fingerprint density at radius 1 is 1.26 bits per heavy atom. The highest BCUT2D eigenvalue weighted by Gasteiger charge is 2.25. The molecule has 0 saturated heterocycles. The molecule has 0 fully saturated rings. The van der Waals surface area contributed by atoms with Crippen LogP contribution in [-0.4, -0.2) is 39.8 Å². The minimum Gasteiger partial charge on any atom is -0.350 e. The minimum atomic E-state index is -0.168. The molecule has 142 valence electrons. The van der Waals surface area contributed by atoms with Gasteiger partial charge >= 0.3 is 0 Å². The molecule has 1 aromatic heterocycles. The summed E-state index contributed by atoms with van der Waals surface area (Å²) in [5.74, 6) is 0.821. The summed E-state index contributed by atoms with van der Waals surface area (Å²) in [6.45, 7) is 7.17. The number of carbonyl (C=O) groups excluding carboxylic acids is 2. The van der Waals surface area contributed by atoms with Crippen LogP contribution < -0.4 is 5.32 Å². The van der Waals surface area contributed by atoms with Gasteiger partial charge in [0.2, 0.25) is 5.91 Å². The van der Waals surface area contributed by atoms with Crippen molar-refractivity contribution in [1.82, 2.24) is 20.2 Å². The van der Waals surface area contributed by atoms with Gasteiger partial charge < -0.3 is 10.2 Å². The molecule has 1 N–H and O–H groups in total. The fourth-order valence-electron chi connectivity index (χ4n) is 3.20. The zero-order valence-corrected chi connectivity index (χ0v) is 16.2. The summed E-state index contributed by atoms with van der Waals surface area (Å²) < 4.78 is 0. The standard InChI is InChI=1S/C21H26N4O2/c1-14(2)17-8-6-16(7-9-17)11-23-20(26)13-25-10-4-5-19-18(21(25)27)12-22-15(3)24-19/h6-9,12,14H,4-5,10-11,13H2,1-3H3,(H,23,26). The maximum absolute atomic E-state index is 12.7. The first kappa shape index (κ1) is 19.0. The van der Waals surface area contributed by atoms with Crippen LogP contribution in [0.4, 0.5) is 0 Å². The van der Waals surface area contributed by atoms with E-state index in [9.17, 15) is 9.59 Å². The Labute approximate surface area is 160 Å². The number of carbonyl (C=O) groups is 2. The molecule has 0 bridgehead atoms. The number of amides is 2. The first-order chi connectivity index (χ1) is 12.9. The molecule has 27 heavy (non-hydrogen) atoms. The van der Waals surface area contributed by atoms with E-state index in [2.05, 4.69) is 41.3 Å². The van der Waals surface area contributed by atoms with Gasteiger partial charge in [0.15, 0.2) is 0 Å². The van der Waals surface area contributed by atoms with Crippen LogP contribution in [-0.2, 0) is 17.8 Å². The van der Waals surface area contributed by atoms with Gasteiger partial charge in [-0.25, -0.2) is 9.97 Å². The molecule has 6 heteroatoms. The monoisotopic (exact) mass is 366 g/mol. The maximum atomic E-state index is 12.7. The molecule has 0 unspecified atom stereocenters. The lowest BCUT2D eigenvalue weighted by molar-refractivity contribution is -0.122. The van der Waals surface area contributed by atoms with Gasteiger partial charge in [-0.15, -0.1) is 0 Å². The number of fused-ring (bicyclic) bond motifs is 1. The van der Waals surface area contributed by atoms with E-state index in [1.807, 2.05) is 19.1 Å². The Kier molecular flexibility index (Phi) is 5.84. The summed E-state index contributed by atoms with van der Waals surface area (Å²) in [4.78, 5) is 35.2. The van der Waals surface area contributed by atoms with Crippen molar-refractivity contribution < 1.29 is 9.59 Å². The third-order valence-corrected chi connectivity index (χ3v) is 4.82. The SMILES string of the molecule is Cc1ncc2c(n1)CCCN(CC(=O)NCc1ccc(C(C)C)cc1)C2=O. The average molecular weight is 366 g/mol. The molecule has 0 saturated carbocycles. The molecular formula is C21H26N4O2. The molecule has 0 radical (unpaired) electrons. The summed E-state index contributed by atoms with van der Waals surface area (Å²) in [5, 5.41) is 2.90. The normalized spacial score (nSPS) is 14.1. The second-order valence-electron chi connectivity index (χ2n) is 7.28. The highest BCUT2D eigenvalue weighted by molar-refractivity contribution is 5.97. The van der Waals surface area contributed by atoms with E-state index in [-0.39, 0.29) is 18.4 Å². The summed E-state index contributed by atoms with van der Waals surface area (Å²) >= 11 is 0. The van der Waals surface area contributed by atoms with Gasteiger partial charge in [0.05, 0.1) is 17.8 Å². The Morgan fingerprint density at radius 2 is 2.00 bits per heavy atom. The maximum Gasteiger partial charge on any atom is 0.257 e. The number of aromatic nitrogens is 2. The van der Waals surface area contributed by atoms with Crippen LogP contribution in [0.5, 0.6) is 0 Å². The van der Waals surface area contributed by atoms with Gasteiger partial charge in [0.25, 0.3) is 5.91 Å². The molecule has 1 aliphatic rings. The number of nitrogens with one attached hydrogen (secondary N) is 1. The van der Waals surface area contributed by atoms with E-state index in [4.69, 9.17) is 0 Å². The van der Waals surface area contributed by atoms with Gasteiger partial charge in [-0.2, -0.15) is 0 Å². The van der Waals surface area contributed by atoms with Crippen molar-refractivity contribution in [1.29, 1.82) is 0 Å². The quantitative estimate of drug-likeness (QED) is 0.883. The number of benzene rings is 1. The molecular weight excluding hydrogens is 340 g/mol. The Morgan fingerprint density at radius 3 is 2.70 bits per heavy atom. The number of nitrogens with zero attached hydrogens (tertiary/aromatic N) is 3. The van der Waals surface area contributed by atoms with E-state index in [1.54, 1.807) is 11.1 Å². The predicted octanol–water partition coefficient (Wildman–Crippen LogP) is 2.61. The lowest BCUT2D eigenvalue weighted by Gasteiger charge is -2.20. The molecule has 6 nitrogen and oxygen atoms in total. The van der Waals surface area contributed by atoms with Crippen molar-refractivity contribution in [3.05, 3.63) is 58.7 Å². The van der Waals surface area contributed by atoms with Crippen molar-refractivity contribution in [2.75, 3.05) is 13.1 Å². The average Bonchev–Trinajstić information content (AvgIpc) is 2.79. The van der Waals surface area contributed by atoms with Crippen LogP contribution in [0.1, 0.15) is 59.2 Å². The van der Waals surface area contributed by atoms with E-state index in [1.165, 1.54) is 5.56 Å². The largest absolute Gasteiger partial charge is 0.350 e. The van der Waals surface area contributed by atoms with Crippen molar-refractivity contribution >= 4 is 11.8 Å². The van der Waals surface area contributed by atoms with E-state index < -0.39 is 0 Å².